The summed E-state index contributed by atoms with van der Waals surface area (Å²) in [5, 5.41) is 9.66. The minimum atomic E-state index is -1.27. The molecule has 0 radical (unpaired) electrons. The van der Waals surface area contributed by atoms with Gasteiger partial charge in [-0.2, -0.15) is 0 Å². The van der Waals surface area contributed by atoms with Crippen molar-refractivity contribution in [1.29, 1.82) is 0 Å². The molecule has 0 atom stereocenters. The minimum Gasteiger partial charge on any atom is -0.384 e. The Labute approximate surface area is 78.6 Å². The van der Waals surface area contributed by atoms with Gasteiger partial charge in [-0.3, -0.25) is 0 Å². The van der Waals surface area contributed by atoms with Crippen molar-refractivity contribution in [2.75, 3.05) is 0 Å². The van der Waals surface area contributed by atoms with Crippen LogP contribution in [0.25, 0.3) is 0 Å². The lowest BCUT2D eigenvalue weighted by Crippen LogP contribution is -2.17. The van der Waals surface area contributed by atoms with E-state index >= 15 is 0 Å². The molecule has 2 nitrogen and oxygen atoms in total. The standard InChI is InChI=1S/C8H10BrNO/c1-8(2,11)6-4-3-5-7(9)10-6/h3-5,11H,1-2H3/i3D,4D,5D. The van der Waals surface area contributed by atoms with E-state index in [0.717, 1.165) is 0 Å². The minimum absolute atomic E-state index is 0.102. The van der Waals surface area contributed by atoms with E-state index < -0.39 is 5.60 Å². The molecule has 0 spiro atoms. The number of nitrogens with zero attached hydrogens (tertiary/aromatic N) is 1. The van der Waals surface area contributed by atoms with Crippen LogP contribution >= 0.6 is 15.9 Å². The number of pyridine rings is 1. The van der Waals surface area contributed by atoms with Gasteiger partial charge in [0.25, 0.3) is 0 Å². The quantitative estimate of drug-likeness (QED) is 0.733. The second kappa shape index (κ2) is 2.91. The maximum Gasteiger partial charge on any atom is 0.106 e. The lowest BCUT2D eigenvalue weighted by molar-refractivity contribution is 0.0737. The molecule has 1 aromatic rings. The Morgan fingerprint density at radius 2 is 2.27 bits per heavy atom. The van der Waals surface area contributed by atoms with Crippen molar-refractivity contribution < 1.29 is 9.22 Å². The Morgan fingerprint density at radius 1 is 1.64 bits per heavy atom. The fourth-order valence-electron chi connectivity index (χ4n) is 0.586. The molecule has 1 heterocycles. The monoisotopic (exact) mass is 218 g/mol. The summed E-state index contributed by atoms with van der Waals surface area (Å²) in [7, 11) is 0. The summed E-state index contributed by atoms with van der Waals surface area (Å²) in [5.41, 5.74) is -1.17. The number of hydrogen-bond donors (Lipinski definition) is 1. The normalized spacial score (nSPS) is 15.5. The van der Waals surface area contributed by atoms with Crippen molar-refractivity contribution >= 4 is 15.9 Å². The van der Waals surface area contributed by atoms with Crippen LogP contribution < -0.4 is 0 Å². The Morgan fingerprint density at radius 3 is 2.82 bits per heavy atom. The van der Waals surface area contributed by atoms with E-state index in [-0.39, 0.29) is 28.4 Å². The molecule has 0 aliphatic carbocycles. The van der Waals surface area contributed by atoms with Gasteiger partial charge in [-0.25, -0.2) is 4.98 Å². The maximum absolute atomic E-state index is 9.66. The van der Waals surface area contributed by atoms with Gasteiger partial charge < -0.3 is 5.11 Å². The van der Waals surface area contributed by atoms with Gasteiger partial charge in [0, 0.05) is 0 Å². The smallest absolute Gasteiger partial charge is 0.106 e. The van der Waals surface area contributed by atoms with E-state index in [1.165, 1.54) is 13.8 Å². The summed E-state index contributed by atoms with van der Waals surface area (Å²) in [6, 6.07) is -0.572. The first-order valence-corrected chi connectivity index (χ1v) is 3.90. The van der Waals surface area contributed by atoms with Gasteiger partial charge in [0.1, 0.15) is 10.2 Å². The predicted octanol–water partition coefficient (Wildman–Crippen LogP) is 2.07. The molecular weight excluding hydrogens is 206 g/mol. The molecule has 0 bridgehead atoms. The van der Waals surface area contributed by atoms with Gasteiger partial charge in [0.05, 0.1) is 9.81 Å². The Balaban J connectivity index is 3.49. The Bertz CT molecular complexity index is 376. The van der Waals surface area contributed by atoms with Crippen LogP contribution in [0.5, 0.6) is 0 Å². The van der Waals surface area contributed by atoms with E-state index in [0.29, 0.717) is 0 Å². The van der Waals surface area contributed by atoms with E-state index in [4.69, 9.17) is 4.11 Å². The maximum atomic E-state index is 9.66. The fraction of sp³-hybridized carbons (Fsp3) is 0.375. The van der Waals surface area contributed by atoms with Crippen molar-refractivity contribution in [1.82, 2.24) is 4.98 Å². The zero-order chi connectivity index (χ0) is 11.1. The van der Waals surface area contributed by atoms with Crippen LogP contribution in [0.3, 0.4) is 0 Å². The first-order valence-electron chi connectivity index (χ1n) is 4.61. The van der Waals surface area contributed by atoms with Crippen LogP contribution in [0.15, 0.2) is 22.7 Å². The summed E-state index contributed by atoms with van der Waals surface area (Å²) in [5.74, 6) is 0. The molecule has 0 unspecified atom stereocenters. The highest BCUT2D eigenvalue weighted by Crippen LogP contribution is 2.18. The van der Waals surface area contributed by atoms with Crippen molar-refractivity contribution in [3.8, 4) is 0 Å². The van der Waals surface area contributed by atoms with Crippen molar-refractivity contribution in [2.45, 2.75) is 19.4 Å². The molecule has 0 aliphatic heterocycles. The van der Waals surface area contributed by atoms with Crippen LogP contribution in [0.1, 0.15) is 23.7 Å². The number of halogens is 1. The van der Waals surface area contributed by atoms with Crippen LogP contribution in [0, 0.1) is 0 Å². The van der Waals surface area contributed by atoms with Crippen molar-refractivity contribution in [2.24, 2.45) is 0 Å². The molecule has 11 heavy (non-hydrogen) atoms. The zero-order valence-corrected chi connectivity index (χ0v) is 7.86. The van der Waals surface area contributed by atoms with Gasteiger partial charge >= 0.3 is 0 Å². The SMILES string of the molecule is [2H]c1c(Br)nc(C(C)(C)O)c([2H])c1[2H]. The largest absolute Gasteiger partial charge is 0.384 e. The summed E-state index contributed by atoms with van der Waals surface area (Å²) >= 11 is 3.01. The van der Waals surface area contributed by atoms with Gasteiger partial charge in [-0.05, 0) is 41.9 Å². The number of hydrogen-bond acceptors (Lipinski definition) is 2. The third-order valence-corrected chi connectivity index (χ3v) is 1.51. The summed E-state index contributed by atoms with van der Waals surface area (Å²) < 4.78 is 22.6. The molecule has 60 valence electrons. The highest BCUT2D eigenvalue weighted by Gasteiger charge is 2.16. The highest BCUT2D eigenvalue weighted by molar-refractivity contribution is 9.10. The van der Waals surface area contributed by atoms with Gasteiger partial charge in [0.15, 0.2) is 0 Å². The Kier molecular flexibility index (Phi) is 1.40. The summed E-state index contributed by atoms with van der Waals surface area (Å²) in [4.78, 5) is 3.88. The van der Waals surface area contributed by atoms with E-state index in [1.807, 2.05) is 0 Å². The topological polar surface area (TPSA) is 33.1 Å². The molecule has 0 aliphatic rings. The third kappa shape index (κ3) is 2.27. The molecule has 0 amide bonds. The molecule has 0 saturated carbocycles. The highest BCUT2D eigenvalue weighted by atomic mass is 79.9. The Hall–Kier alpha value is -0.410. The molecule has 1 N–H and O–H groups in total. The first kappa shape index (κ1) is 5.27. The van der Waals surface area contributed by atoms with Crippen LogP contribution in [-0.2, 0) is 5.60 Å². The second-order valence-electron chi connectivity index (χ2n) is 2.69. The van der Waals surface area contributed by atoms with E-state index in [9.17, 15) is 5.11 Å². The average molecular weight is 219 g/mol. The van der Waals surface area contributed by atoms with Crippen molar-refractivity contribution in [3.63, 3.8) is 0 Å². The molecule has 0 aromatic carbocycles. The molecule has 3 heteroatoms. The fourth-order valence-corrected chi connectivity index (χ4v) is 0.862. The molecular formula is C8H10BrNO. The van der Waals surface area contributed by atoms with Gasteiger partial charge in [-0.1, -0.05) is 6.04 Å². The molecule has 1 aromatic heterocycles. The van der Waals surface area contributed by atoms with E-state index in [2.05, 4.69) is 20.9 Å². The number of aliphatic hydroxyl groups is 1. The number of rotatable bonds is 1. The van der Waals surface area contributed by atoms with Gasteiger partial charge in [-0.15, -0.1) is 0 Å². The average Bonchev–Trinajstić information content (AvgIpc) is 2.06. The van der Waals surface area contributed by atoms with Crippen LogP contribution in [0.2, 0.25) is 0 Å². The van der Waals surface area contributed by atoms with E-state index in [1.54, 1.807) is 0 Å². The zero-order valence-electron chi connectivity index (χ0n) is 9.27. The lowest BCUT2D eigenvalue weighted by Gasteiger charge is -2.15. The summed E-state index contributed by atoms with van der Waals surface area (Å²) in [6.45, 7) is 2.98. The van der Waals surface area contributed by atoms with Crippen molar-refractivity contribution in [3.05, 3.63) is 28.4 Å². The second-order valence-corrected chi connectivity index (χ2v) is 3.44. The lowest BCUT2D eigenvalue weighted by atomic mass is 10.1. The molecule has 1 rings (SSSR count). The number of aromatic nitrogens is 1. The van der Waals surface area contributed by atoms with Gasteiger partial charge in [0.2, 0.25) is 0 Å². The van der Waals surface area contributed by atoms with Crippen LogP contribution in [0.4, 0.5) is 0 Å². The van der Waals surface area contributed by atoms with Crippen LogP contribution in [-0.4, -0.2) is 10.1 Å². The molecule has 0 fully saturated rings. The third-order valence-electron chi connectivity index (χ3n) is 1.14. The first-order chi connectivity index (χ1) is 6.25. The predicted molar refractivity (Wildman–Crippen MR) is 47.2 cm³/mol. The molecule has 0 saturated heterocycles. The summed E-state index contributed by atoms with van der Waals surface area (Å²) in [6.07, 6.45) is 0.